The third kappa shape index (κ3) is 5.36. The second-order valence-corrected chi connectivity index (χ2v) is 8.16. The third-order valence-corrected chi connectivity index (χ3v) is 5.66. The van der Waals surface area contributed by atoms with E-state index in [2.05, 4.69) is 23.5 Å². The van der Waals surface area contributed by atoms with E-state index in [-0.39, 0.29) is 17.7 Å². The van der Waals surface area contributed by atoms with Crippen molar-refractivity contribution in [1.82, 2.24) is 4.90 Å². The zero-order valence-electron chi connectivity index (χ0n) is 15.9. The van der Waals surface area contributed by atoms with Crippen LogP contribution in [0, 0.1) is 5.92 Å². The minimum Gasteiger partial charge on any atom is -0.338 e. The standard InChI is InChI=1S/C22H26N2O2S/c1-16(2)22(26)24-11-10-18-8-9-20(12-19(18)13-24)23-21(25)15-27-14-17-6-4-3-5-7-17/h3-9,12,16H,10-11,13-15H2,1-2H3,(H,23,25). The van der Waals surface area contributed by atoms with Gasteiger partial charge < -0.3 is 10.2 Å². The van der Waals surface area contributed by atoms with Gasteiger partial charge in [0.05, 0.1) is 5.75 Å². The summed E-state index contributed by atoms with van der Waals surface area (Å²) in [6.45, 7) is 5.26. The highest BCUT2D eigenvalue weighted by molar-refractivity contribution is 7.99. The van der Waals surface area contributed by atoms with Gasteiger partial charge in [0.2, 0.25) is 11.8 Å². The number of nitrogens with one attached hydrogen (secondary N) is 1. The number of amides is 2. The lowest BCUT2D eigenvalue weighted by atomic mass is 9.98. The molecule has 0 saturated carbocycles. The van der Waals surface area contributed by atoms with Gasteiger partial charge in [0, 0.05) is 30.4 Å². The molecule has 0 atom stereocenters. The molecule has 0 saturated heterocycles. The predicted molar refractivity (Wildman–Crippen MR) is 112 cm³/mol. The first-order chi connectivity index (χ1) is 13.0. The quantitative estimate of drug-likeness (QED) is 0.818. The van der Waals surface area contributed by atoms with Crippen LogP contribution in [0.2, 0.25) is 0 Å². The Balaban J connectivity index is 1.54. The number of benzene rings is 2. The van der Waals surface area contributed by atoms with E-state index in [0.717, 1.165) is 30.0 Å². The molecule has 2 aromatic carbocycles. The topological polar surface area (TPSA) is 49.4 Å². The fraction of sp³-hybridized carbons (Fsp3) is 0.364. The minimum atomic E-state index is 0.00167. The van der Waals surface area contributed by atoms with Gasteiger partial charge in [-0.1, -0.05) is 50.2 Å². The Morgan fingerprint density at radius 2 is 1.89 bits per heavy atom. The summed E-state index contributed by atoms with van der Waals surface area (Å²) in [5.74, 6) is 1.44. The van der Waals surface area contributed by atoms with Gasteiger partial charge in [-0.25, -0.2) is 0 Å². The average molecular weight is 383 g/mol. The number of anilines is 1. The summed E-state index contributed by atoms with van der Waals surface area (Å²) in [5, 5.41) is 2.98. The summed E-state index contributed by atoms with van der Waals surface area (Å²) in [7, 11) is 0. The monoisotopic (exact) mass is 382 g/mol. The van der Waals surface area contributed by atoms with Crippen LogP contribution in [0.4, 0.5) is 5.69 Å². The fourth-order valence-electron chi connectivity index (χ4n) is 3.22. The molecule has 2 amide bonds. The van der Waals surface area contributed by atoms with Gasteiger partial charge in [-0.05, 0) is 35.2 Å². The van der Waals surface area contributed by atoms with Crippen LogP contribution in [0.25, 0.3) is 0 Å². The number of carbonyl (C=O) groups excluding carboxylic acids is 2. The van der Waals surface area contributed by atoms with Gasteiger partial charge in [-0.3, -0.25) is 9.59 Å². The van der Waals surface area contributed by atoms with E-state index in [0.29, 0.717) is 12.3 Å². The van der Waals surface area contributed by atoms with Gasteiger partial charge in [0.15, 0.2) is 0 Å². The van der Waals surface area contributed by atoms with Crippen molar-refractivity contribution in [2.24, 2.45) is 5.92 Å². The Morgan fingerprint density at radius 3 is 2.63 bits per heavy atom. The van der Waals surface area contributed by atoms with Crippen molar-refractivity contribution < 1.29 is 9.59 Å². The maximum absolute atomic E-state index is 12.3. The Bertz CT molecular complexity index is 805. The number of fused-ring (bicyclic) bond motifs is 1. The number of thioether (sulfide) groups is 1. The SMILES string of the molecule is CC(C)C(=O)N1CCc2ccc(NC(=O)CSCc3ccccc3)cc2C1. The van der Waals surface area contributed by atoms with Crippen molar-refractivity contribution in [3.05, 3.63) is 65.2 Å². The summed E-state index contributed by atoms with van der Waals surface area (Å²) in [5.41, 5.74) is 4.42. The molecule has 0 radical (unpaired) electrons. The Morgan fingerprint density at radius 1 is 1.11 bits per heavy atom. The first-order valence-electron chi connectivity index (χ1n) is 9.35. The van der Waals surface area contributed by atoms with E-state index in [1.807, 2.05) is 49.1 Å². The van der Waals surface area contributed by atoms with E-state index in [9.17, 15) is 9.59 Å². The van der Waals surface area contributed by atoms with Gasteiger partial charge >= 0.3 is 0 Å². The lowest BCUT2D eigenvalue weighted by molar-refractivity contribution is -0.135. The smallest absolute Gasteiger partial charge is 0.234 e. The van der Waals surface area contributed by atoms with Crippen LogP contribution in [0.1, 0.15) is 30.5 Å². The van der Waals surface area contributed by atoms with E-state index >= 15 is 0 Å². The highest BCUT2D eigenvalue weighted by atomic mass is 32.2. The van der Waals surface area contributed by atoms with Crippen molar-refractivity contribution >= 4 is 29.3 Å². The Labute approximate surface area is 165 Å². The molecule has 2 aromatic rings. The van der Waals surface area contributed by atoms with Crippen molar-refractivity contribution in [2.75, 3.05) is 17.6 Å². The molecule has 142 valence electrons. The van der Waals surface area contributed by atoms with Crippen LogP contribution in [0.15, 0.2) is 48.5 Å². The molecule has 0 fully saturated rings. The first-order valence-corrected chi connectivity index (χ1v) is 10.5. The highest BCUT2D eigenvalue weighted by Crippen LogP contribution is 2.24. The average Bonchev–Trinajstić information content (AvgIpc) is 2.67. The number of carbonyl (C=O) groups is 2. The third-order valence-electron chi connectivity index (χ3n) is 4.65. The molecular weight excluding hydrogens is 356 g/mol. The first kappa shape index (κ1) is 19.5. The molecule has 1 aliphatic heterocycles. The van der Waals surface area contributed by atoms with Crippen LogP contribution in [-0.4, -0.2) is 29.0 Å². The van der Waals surface area contributed by atoms with Gasteiger partial charge in [-0.2, -0.15) is 0 Å². The van der Waals surface area contributed by atoms with Crippen molar-refractivity contribution in [2.45, 2.75) is 32.6 Å². The number of nitrogens with zero attached hydrogens (tertiary/aromatic N) is 1. The van der Waals surface area contributed by atoms with E-state index < -0.39 is 0 Å². The molecule has 1 aliphatic rings. The zero-order valence-corrected chi connectivity index (χ0v) is 16.7. The Kier molecular flexibility index (Phi) is 6.56. The predicted octanol–water partition coefficient (Wildman–Crippen LogP) is 4.10. The molecule has 0 aliphatic carbocycles. The molecular formula is C22H26N2O2S. The molecule has 1 heterocycles. The van der Waals surface area contributed by atoms with E-state index in [1.54, 1.807) is 11.8 Å². The molecule has 0 unspecified atom stereocenters. The van der Waals surface area contributed by atoms with E-state index in [1.165, 1.54) is 11.1 Å². The van der Waals surface area contributed by atoms with Crippen molar-refractivity contribution in [1.29, 1.82) is 0 Å². The molecule has 3 rings (SSSR count). The van der Waals surface area contributed by atoms with Crippen molar-refractivity contribution in [3.8, 4) is 0 Å². The van der Waals surface area contributed by atoms with Crippen LogP contribution in [-0.2, 0) is 28.3 Å². The number of rotatable bonds is 6. The van der Waals surface area contributed by atoms with Crippen LogP contribution in [0.5, 0.6) is 0 Å². The summed E-state index contributed by atoms with van der Waals surface area (Å²) in [6.07, 6.45) is 0.870. The maximum atomic E-state index is 12.3. The highest BCUT2D eigenvalue weighted by Gasteiger charge is 2.22. The molecule has 5 heteroatoms. The van der Waals surface area contributed by atoms with Gasteiger partial charge in [-0.15, -0.1) is 11.8 Å². The summed E-state index contributed by atoms with van der Waals surface area (Å²) >= 11 is 1.61. The number of hydrogen-bond acceptors (Lipinski definition) is 3. The molecule has 0 spiro atoms. The molecule has 1 N–H and O–H groups in total. The molecule has 27 heavy (non-hydrogen) atoms. The maximum Gasteiger partial charge on any atom is 0.234 e. The summed E-state index contributed by atoms with van der Waals surface area (Å²) < 4.78 is 0. The molecule has 4 nitrogen and oxygen atoms in total. The zero-order chi connectivity index (χ0) is 19.2. The Hall–Kier alpha value is -2.27. The van der Waals surface area contributed by atoms with Crippen molar-refractivity contribution in [3.63, 3.8) is 0 Å². The summed E-state index contributed by atoms with van der Waals surface area (Å²) in [6, 6.07) is 16.2. The normalized spacial score (nSPS) is 13.4. The summed E-state index contributed by atoms with van der Waals surface area (Å²) in [4.78, 5) is 26.4. The number of hydrogen-bond donors (Lipinski definition) is 1. The van der Waals surface area contributed by atoms with Crippen LogP contribution in [0.3, 0.4) is 0 Å². The largest absolute Gasteiger partial charge is 0.338 e. The van der Waals surface area contributed by atoms with Crippen LogP contribution >= 0.6 is 11.8 Å². The van der Waals surface area contributed by atoms with E-state index in [4.69, 9.17) is 0 Å². The lowest BCUT2D eigenvalue weighted by Gasteiger charge is -2.30. The van der Waals surface area contributed by atoms with Crippen LogP contribution < -0.4 is 5.32 Å². The lowest BCUT2D eigenvalue weighted by Crippen LogP contribution is -2.38. The molecule has 0 bridgehead atoms. The second kappa shape index (κ2) is 9.09. The second-order valence-electron chi connectivity index (χ2n) is 7.17. The molecule has 0 aromatic heterocycles. The van der Waals surface area contributed by atoms with Gasteiger partial charge in [0.1, 0.15) is 0 Å². The minimum absolute atomic E-state index is 0.00167. The van der Waals surface area contributed by atoms with Gasteiger partial charge in [0.25, 0.3) is 0 Å². The fourth-order valence-corrected chi connectivity index (χ4v) is 4.01.